The van der Waals surface area contributed by atoms with E-state index < -0.39 is 32.5 Å². The standard InChI is InChI=1S/C52H84NO8P/c1-6-8-10-12-14-16-18-20-22-24-26-28-30-32-34-36-38-40-42-44-51(54)58-48-50(49-60-62(56,57)59-47-46-53(3,4)5)61-52(55)45-43-41-39-37-35-33-31-29-27-25-23-21-19-17-15-13-11-9-7-2/h8,10,14-17,20-23,26-29,32-35,38,40,50H,6-7,9,11-13,18-19,24-25,30-31,36-37,39,41-49H2,1-5H3/p+1/b10-8-,16-14-,17-15-,22-20-,23-21-,28-26-,29-27-,34-32-,35-33-,40-38-/t50-/m1/s1. The smallest absolute Gasteiger partial charge is 0.462 e. The molecule has 0 aromatic heterocycles. The number of phosphoric ester groups is 1. The van der Waals surface area contributed by atoms with Gasteiger partial charge in [0.2, 0.25) is 0 Å². The summed E-state index contributed by atoms with van der Waals surface area (Å²) in [5.41, 5.74) is 0. The van der Waals surface area contributed by atoms with Crippen molar-refractivity contribution in [2.45, 2.75) is 148 Å². The van der Waals surface area contributed by atoms with Gasteiger partial charge in [-0.25, -0.2) is 4.57 Å². The third-order valence-electron chi connectivity index (χ3n) is 8.99. The maximum Gasteiger partial charge on any atom is 0.472 e. The number of nitrogens with zero attached hydrogens (tertiary/aromatic N) is 1. The Morgan fingerprint density at radius 3 is 1.40 bits per heavy atom. The van der Waals surface area contributed by atoms with Crippen LogP contribution in [-0.2, 0) is 32.7 Å². The van der Waals surface area contributed by atoms with Crippen molar-refractivity contribution < 1.29 is 42.1 Å². The number of likely N-dealkylation sites (N-methyl/N-ethyl adjacent to an activating group) is 1. The molecule has 62 heavy (non-hydrogen) atoms. The molecule has 0 radical (unpaired) electrons. The lowest BCUT2D eigenvalue weighted by molar-refractivity contribution is -0.870. The minimum Gasteiger partial charge on any atom is -0.462 e. The average molecular weight is 883 g/mol. The van der Waals surface area contributed by atoms with Gasteiger partial charge in [0.15, 0.2) is 6.10 Å². The highest BCUT2D eigenvalue weighted by molar-refractivity contribution is 7.47. The van der Waals surface area contributed by atoms with Gasteiger partial charge in [-0.15, -0.1) is 0 Å². The predicted octanol–water partition coefficient (Wildman–Crippen LogP) is 13.7. The third kappa shape index (κ3) is 45.9. The second-order valence-corrected chi connectivity index (χ2v) is 17.5. The van der Waals surface area contributed by atoms with Crippen molar-refractivity contribution in [2.24, 2.45) is 0 Å². The van der Waals surface area contributed by atoms with E-state index in [2.05, 4.69) is 123 Å². The Bertz CT molecular complexity index is 1460. The predicted molar refractivity (Wildman–Crippen MR) is 261 cm³/mol. The monoisotopic (exact) mass is 883 g/mol. The van der Waals surface area contributed by atoms with Gasteiger partial charge in [0, 0.05) is 12.8 Å². The van der Waals surface area contributed by atoms with E-state index in [1.165, 1.54) is 25.7 Å². The van der Waals surface area contributed by atoms with Gasteiger partial charge in [0.05, 0.1) is 27.7 Å². The first-order valence-corrected chi connectivity index (χ1v) is 24.8. The number of carbonyl (C=O) groups is 2. The van der Waals surface area contributed by atoms with E-state index in [9.17, 15) is 19.0 Å². The van der Waals surface area contributed by atoms with E-state index in [4.69, 9.17) is 18.5 Å². The van der Waals surface area contributed by atoms with Gasteiger partial charge < -0.3 is 18.9 Å². The van der Waals surface area contributed by atoms with E-state index in [0.29, 0.717) is 23.9 Å². The third-order valence-corrected chi connectivity index (χ3v) is 9.97. The minimum absolute atomic E-state index is 0.00632. The van der Waals surface area contributed by atoms with Crippen molar-refractivity contribution in [3.63, 3.8) is 0 Å². The molecule has 10 heteroatoms. The van der Waals surface area contributed by atoms with Crippen LogP contribution in [0.15, 0.2) is 122 Å². The summed E-state index contributed by atoms with van der Waals surface area (Å²) in [7, 11) is 1.39. The highest BCUT2D eigenvalue weighted by atomic mass is 31.2. The van der Waals surface area contributed by atoms with Crippen molar-refractivity contribution in [2.75, 3.05) is 47.5 Å². The lowest BCUT2D eigenvalue weighted by Crippen LogP contribution is -2.37. The van der Waals surface area contributed by atoms with E-state index in [-0.39, 0.29) is 26.1 Å². The zero-order valence-electron chi connectivity index (χ0n) is 39.3. The molecule has 0 heterocycles. The van der Waals surface area contributed by atoms with Gasteiger partial charge in [0.25, 0.3) is 0 Å². The molecule has 1 unspecified atom stereocenters. The molecule has 0 amide bonds. The Morgan fingerprint density at radius 2 is 0.952 bits per heavy atom. The molecule has 0 saturated carbocycles. The summed E-state index contributed by atoms with van der Waals surface area (Å²) in [5.74, 6) is -0.946. The molecule has 0 aromatic carbocycles. The van der Waals surface area contributed by atoms with Crippen molar-refractivity contribution in [1.29, 1.82) is 0 Å². The molecule has 0 rings (SSSR count). The topological polar surface area (TPSA) is 108 Å². The fourth-order valence-electron chi connectivity index (χ4n) is 5.37. The van der Waals surface area contributed by atoms with Crippen molar-refractivity contribution in [3.05, 3.63) is 122 Å². The summed E-state index contributed by atoms with van der Waals surface area (Å²) < 4.78 is 34.2. The number of carbonyl (C=O) groups excluding carboxylic acids is 2. The molecule has 0 fully saturated rings. The first kappa shape index (κ1) is 58.4. The average Bonchev–Trinajstić information content (AvgIpc) is 3.23. The number of phosphoric acid groups is 1. The number of rotatable bonds is 40. The van der Waals surface area contributed by atoms with Crippen molar-refractivity contribution >= 4 is 19.8 Å². The van der Waals surface area contributed by atoms with Crippen LogP contribution in [0.4, 0.5) is 0 Å². The van der Waals surface area contributed by atoms with E-state index >= 15 is 0 Å². The van der Waals surface area contributed by atoms with Crippen molar-refractivity contribution in [3.8, 4) is 0 Å². The number of hydrogen-bond donors (Lipinski definition) is 1. The normalized spacial score (nSPS) is 14.6. The van der Waals surface area contributed by atoms with Gasteiger partial charge in [-0.1, -0.05) is 155 Å². The lowest BCUT2D eigenvalue weighted by Gasteiger charge is -2.24. The summed E-state index contributed by atoms with van der Waals surface area (Å²) in [6.07, 6.45) is 59.8. The van der Waals surface area contributed by atoms with Crippen LogP contribution in [0.5, 0.6) is 0 Å². The maximum atomic E-state index is 12.7. The van der Waals surface area contributed by atoms with E-state index in [1.807, 2.05) is 33.3 Å². The molecule has 1 N–H and O–H groups in total. The van der Waals surface area contributed by atoms with Gasteiger partial charge in [-0.2, -0.15) is 0 Å². The molecule has 0 spiro atoms. The quantitative estimate of drug-likeness (QED) is 0.0213. The molecule has 0 aliphatic rings. The van der Waals surface area contributed by atoms with Crippen LogP contribution >= 0.6 is 7.82 Å². The van der Waals surface area contributed by atoms with Crippen LogP contribution in [0.25, 0.3) is 0 Å². The lowest BCUT2D eigenvalue weighted by atomic mass is 10.1. The highest BCUT2D eigenvalue weighted by Crippen LogP contribution is 2.43. The number of allylic oxidation sites excluding steroid dienone is 20. The molecule has 0 aliphatic carbocycles. The second kappa shape index (κ2) is 42.7. The molecule has 350 valence electrons. The SMILES string of the molecule is CC/C=C\C/C=C\C/C=C\C/C=C\C/C=C\C/C=C\CCC(=O)OC[C@H](COP(=O)(O)OCC[N+](C)(C)C)OC(=O)CCCCC/C=C\C/C=C\C/C=C\C/C=C\CCCCC. The Balaban J connectivity index is 4.54. The molecule has 0 aromatic rings. The largest absolute Gasteiger partial charge is 0.472 e. The van der Waals surface area contributed by atoms with Crippen LogP contribution in [-0.4, -0.2) is 74.9 Å². The Hall–Kier alpha value is -3.59. The zero-order valence-corrected chi connectivity index (χ0v) is 40.2. The van der Waals surface area contributed by atoms with Crippen LogP contribution < -0.4 is 0 Å². The summed E-state index contributed by atoms with van der Waals surface area (Å²) >= 11 is 0. The summed E-state index contributed by atoms with van der Waals surface area (Å²) in [6.45, 7) is 4.12. The Morgan fingerprint density at radius 1 is 0.516 bits per heavy atom. The summed E-state index contributed by atoms with van der Waals surface area (Å²) in [6, 6.07) is 0. The minimum atomic E-state index is -4.41. The molecule has 0 saturated heterocycles. The number of esters is 2. The maximum absolute atomic E-state index is 12.7. The van der Waals surface area contributed by atoms with Crippen LogP contribution in [0.3, 0.4) is 0 Å². The van der Waals surface area contributed by atoms with Crippen LogP contribution in [0.2, 0.25) is 0 Å². The first-order valence-electron chi connectivity index (χ1n) is 23.3. The highest BCUT2D eigenvalue weighted by Gasteiger charge is 2.27. The molecule has 2 atom stereocenters. The zero-order chi connectivity index (χ0) is 45.7. The van der Waals surface area contributed by atoms with Gasteiger partial charge >= 0.3 is 19.8 Å². The molecular formula is C52H85NO8P+. The number of ether oxygens (including phenoxy) is 2. The van der Waals surface area contributed by atoms with E-state index in [0.717, 1.165) is 77.0 Å². The fraction of sp³-hybridized carbons (Fsp3) is 0.577. The summed E-state index contributed by atoms with van der Waals surface area (Å²) in [5, 5.41) is 0. The summed E-state index contributed by atoms with van der Waals surface area (Å²) in [4.78, 5) is 35.4. The van der Waals surface area contributed by atoms with Crippen LogP contribution in [0.1, 0.15) is 142 Å². The fourth-order valence-corrected chi connectivity index (χ4v) is 6.12. The van der Waals surface area contributed by atoms with Gasteiger partial charge in [-0.05, 0) is 96.3 Å². The van der Waals surface area contributed by atoms with E-state index in [1.54, 1.807) is 0 Å². The van der Waals surface area contributed by atoms with Crippen molar-refractivity contribution in [1.82, 2.24) is 0 Å². The molecule has 0 bridgehead atoms. The van der Waals surface area contributed by atoms with Crippen LogP contribution in [0, 0.1) is 0 Å². The first-order chi connectivity index (χ1) is 30.0. The molecule has 0 aliphatic heterocycles. The Labute approximate surface area is 378 Å². The number of quaternary nitrogens is 1. The number of unbranched alkanes of at least 4 members (excludes halogenated alkanes) is 6. The Kier molecular flexibility index (Phi) is 40.2. The second-order valence-electron chi connectivity index (χ2n) is 16.0. The molecular weight excluding hydrogens is 798 g/mol. The number of hydrogen-bond acceptors (Lipinski definition) is 7. The van der Waals surface area contributed by atoms with Gasteiger partial charge in [-0.3, -0.25) is 18.6 Å². The molecule has 9 nitrogen and oxygen atoms in total. The van der Waals surface area contributed by atoms with Gasteiger partial charge in [0.1, 0.15) is 19.8 Å².